The summed E-state index contributed by atoms with van der Waals surface area (Å²) in [7, 11) is 0. The van der Waals surface area contributed by atoms with Crippen molar-refractivity contribution in [2.45, 2.75) is 0 Å². The number of rotatable bonds is 3. The third kappa shape index (κ3) is 3.48. The Morgan fingerprint density at radius 3 is 2.26 bits per heavy atom. The van der Waals surface area contributed by atoms with E-state index in [1.807, 2.05) is 24.3 Å². The van der Waals surface area contributed by atoms with Crippen molar-refractivity contribution in [2.75, 3.05) is 10.6 Å². The van der Waals surface area contributed by atoms with Gasteiger partial charge in [0.05, 0.1) is 0 Å². The van der Waals surface area contributed by atoms with E-state index in [2.05, 4.69) is 15.6 Å². The van der Waals surface area contributed by atoms with E-state index < -0.39 is 23.4 Å². The number of urea groups is 1. The third-order valence-corrected chi connectivity index (χ3v) is 3.88. The first-order valence-corrected chi connectivity index (χ1v) is 8.08. The van der Waals surface area contributed by atoms with E-state index >= 15 is 0 Å². The standard InChI is InChI=1S/C20H13F2N3O2/c21-14-4-3-5-15(22)18(14)25-20(26)23-13-10-8-12(9-11-13)19-24-16-6-1-2-7-17(16)27-19/h1-11H,(H2,23,25,26). The maximum Gasteiger partial charge on any atom is 0.323 e. The summed E-state index contributed by atoms with van der Waals surface area (Å²) in [5.41, 5.74) is 2.11. The number of nitrogens with zero attached hydrogens (tertiary/aromatic N) is 1. The minimum Gasteiger partial charge on any atom is -0.436 e. The second kappa shape index (κ2) is 6.87. The number of nitrogens with one attached hydrogen (secondary N) is 2. The molecule has 0 aliphatic heterocycles. The number of halogens is 2. The van der Waals surface area contributed by atoms with E-state index in [-0.39, 0.29) is 0 Å². The van der Waals surface area contributed by atoms with Gasteiger partial charge < -0.3 is 15.1 Å². The summed E-state index contributed by atoms with van der Waals surface area (Å²) in [6.07, 6.45) is 0. The highest BCUT2D eigenvalue weighted by Gasteiger charge is 2.12. The van der Waals surface area contributed by atoms with Crippen LogP contribution in [0.25, 0.3) is 22.6 Å². The van der Waals surface area contributed by atoms with Gasteiger partial charge in [-0.25, -0.2) is 18.6 Å². The molecule has 27 heavy (non-hydrogen) atoms. The van der Waals surface area contributed by atoms with Crippen molar-refractivity contribution < 1.29 is 18.0 Å². The summed E-state index contributed by atoms with van der Waals surface area (Å²) < 4.78 is 32.8. The van der Waals surface area contributed by atoms with Gasteiger partial charge in [0, 0.05) is 11.3 Å². The van der Waals surface area contributed by atoms with Crippen LogP contribution in [0.3, 0.4) is 0 Å². The first-order valence-electron chi connectivity index (χ1n) is 8.08. The Kier molecular flexibility index (Phi) is 4.25. The summed E-state index contributed by atoms with van der Waals surface area (Å²) in [5, 5.41) is 4.68. The lowest BCUT2D eigenvalue weighted by molar-refractivity contribution is 0.262. The second-order valence-corrected chi connectivity index (χ2v) is 5.74. The molecular formula is C20H13F2N3O2. The molecule has 4 rings (SSSR count). The zero-order chi connectivity index (χ0) is 18.8. The van der Waals surface area contributed by atoms with Gasteiger partial charge >= 0.3 is 6.03 Å². The number of para-hydroxylation sites is 3. The summed E-state index contributed by atoms with van der Waals surface area (Å²) in [6, 6.07) is 16.7. The number of hydrogen-bond donors (Lipinski definition) is 2. The molecule has 134 valence electrons. The molecule has 1 aromatic heterocycles. The topological polar surface area (TPSA) is 67.2 Å². The number of anilines is 2. The highest BCUT2D eigenvalue weighted by atomic mass is 19.1. The summed E-state index contributed by atoms with van der Waals surface area (Å²) in [6.45, 7) is 0. The number of carbonyl (C=O) groups is 1. The lowest BCUT2D eigenvalue weighted by atomic mass is 10.2. The molecule has 0 bridgehead atoms. The van der Waals surface area contributed by atoms with Crippen molar-refractivity contribution in [3.63, 3.8) is 0 Å². The SMILES string of the molecule is O=C(Nc1ccc(-c2nc3ccccc3o2)cc1)Nc1c(F)cccc1F. The van der Waals surface area contributed by atoms with Crippen LogP contribution < -0.4 is 10.6 Å². The average Bonchev–Trinajstić information content (AvgIpc) is 3.10. The number of aromatic nitrogens is 1. The molecule has 0 spiro atoms. The Bertz CT molecular complexity index is 1070. The van der Waals surface area contributed by atoms with Gasteiger partial charge in [0.1, 0.15) is 22.8 Å². The number of carbonyl (C=O) groups excluding carboxylic acids is 1. The lowest BCUT2D eigenvalue weighted by Crippen LogP contribution is -2.20. The molecule has 0 unspecified atom stereocenters. The highest BCUT2D eigenvalue weighted by molar-refractivity contribution is 6.00. The van der Waals surface area contributed by atoms with Crippen LogP contribution in [-0.4, -0.2) is 11.0 Å². The van der Waals surface area contributed by atoms with Gasteiger partial charge in [-0.1, -0.05) is 18.2 Å². The van der Waals surface area contributed by atoms with Gasteiger partial charge in [0.2, 0.25) is 5.89 Å². The summed E-state index contributed by atoms with van der Waals surface area (Å²) in [4.78, 5) is 16.4. The number of benzene rings is 3. The van der Waals surface area contributed by atoms with Crippen LogP contribution in [0.4, 0.5) is 25.0 Å². The van der Waals surface area contributed by atoms with E-state index in [4.69, 9.17) is 4.42 Å². The molecule has 0 atom stereocenters. The van der Waals surface area contributed by atoms with Crippen molar-refractivity contribution in [2.24, 2.45) is 0 Å². The van der Waals surface area contributed by atoms with Gasteiger partial charge in [0.25, 0.3) is 0 Å². The predicted octanol–water partition coefficient (Wildman–Crippen LogP) is 5.42. The fourth-order valence-electron chi connectivity index (χ4n) is 2.58. The summed E-state index contributed by atoms with van der Waals surface area (Å²) in [5.74, 6) is -1.24. The molecule has 5 nitrogen and oxygen atoms in total. The van der Waals surface area contributed by atoms with Gasteiger partial charge in [-0.3, -0.25) is 0 Å². The van der Waals surface area contributed by atoms with Crippen LogP contribution in [-0.2, 0) is 0 Å². The minimum atomic E-state index is -0.851. The average molecular weight is 365 g/mol. The van der Waals surface area contributed by atoms with E-state index in [9.17, 15) is 13.6 Å². The zero-order valence-corrected chi connectivity index (χ0v) is 13.9. The highest BCUT2D eigenvalue weighted by Crippen LogP contribution is 2.25. The van der Waals surface area contributed by atoms with Crippen molar-refractivity contribution in [1.29, 1.82) is 0 Å². The van der Waals surface area contributed by atoms with E-state index in [0.717, 1.165) is 23.2 Å². The monoisotopic (exact) mass is 365 g/mol. The van der Waals surface area contributed by atoms with Crippen molar-refractivity contribution >= 4 is 28.5 Å². The lowest BCUT2D eigenvalue weighted by Gasteiger charge is -2.09. The first-order chi connectivity index (χ1) is 13.1. The largest absolute Gasteiger partial charge is 0.436 e. The Labute approximate surface area is 152 Å². The minimum absolute atomic E-state index is 0.448. The van der Waals surface area contributed by atoms with Gasteiger partial charge in [0.15, 0.2) is 5.58 Å². The molecule has 0 fully saturated rings. The molecular weight excluding hydrogens is 352 g/mol. The fraction of sp³-hybridized carbons (Fsp3) is 0. The number of hydrogen-bond acceptors (Lipinski definition) is 3. The number of fused-ring (bicyclic) bond motifs is 1. The second-order valence-electron chi connectivity index (χ2n) is 5.74. The van der Waals surface area contributed by atoms with Gasteiger partial charge in [-0.2, -0.15) is 0 Å². The fourth-order valence-corrected chi connectivity index (χ4v) is 2.58. The van der Waals surface area contributed by atoms with E-state index in [1.54, 1.807) is 24.3 Å². The van der Waals surface area contributed by atoms with Crippen LogP contribution in [0, 0.1) is 11.6 Å². The smallest absolute Gasteiger partial charge is 0.323 e. The summed E-state index contributed by atoms with van der Waals surface area (Å²) >= 11 is 0. The Balaban J connectivity index is 1.48. The molecule has 0 saturated heterocycles. The predicted molar refractivity (Wildman–Crippen MR) is 98.4 cm³/mol. The Hall–Kier alpha value is -3.74. The molecule has 0 aliphatic carbocycles. The van der Waals surface area contributed by atoms with Crippen molar-refractivity contribution in [1.82, 2.24) is 4.98 Å². The normalized spacial score (nSPS) is 10.7. The van der Waals surface area contributed by atoms with Crippen LogP contribution in [0.2, 0.25) is 0 Å². The first kappa shape index (κ1) is 16.7. The van der Waals surface area contributed by atoms with Crippen LogP contribution in [0.5, 0.6) is 0 Å². The van der Waals surface area contributed by atoms with Crippen LogP contribution in [0.15, 0.2) is 71.1 Å². The maximum atomic E-state index is 13.6. The quantitative estimate of drug-likeness (QED) is 0.510. The van der Waals surface area contributed by atoms with E-state index in [1.165, 1.54) is 6.07 Å². The molecule has 1 heterocycles. The molecule has 0 radical (unpaired) electrons. The number of oxazole rings is 1. The molecule has 2 N–H and O–H groups in total. The zero-order valence-electron chi connectivity index (χ0n) is 13.9. The van der Waals surface area contributed by atoms with Crippen LogP contribution in [0.1, 0.15) is 0 Å². The Morgan fingerprint density at radius 1 is 0.852 bits per heavy atom. The molecule has 0 saturated carbocycles. The molecule has 0 aliphatic rings. The van der Waals surface area contributed by atoms with Crippen molar-refractivity contribution in [3.05, 3.63) is 78.4 Å². The van der Waals surface area contributed by atoms with Crippen molar-refractivity contribution in [3.8, 4) is 11.5 Å². The van der Waals surface area contributed by atoms with Crippen LogP contribution >= 0.6 is 0 Å². The third-order valence-electron chi connectivity index (χ3n) is 3.88. The number of amides is 2. The molecule has 2 amide bonds. The molecule has 3 aromatic carbocycles. The maximum absolute atomic E-state index is 13.6. The Morgan fingerprint density at radius 2 is 1.56 bits per heavy atom. The van der Waals surface area contributed by atoms with E-state index in [0.29, 0.717) is 17.2 Å². The molecule has 7 heteroatoms. The van der Waals surface area contributed by atoms with Gasteiger partial charge in [-0.15, -0.1) is 0 Å². The molecule has 4 aromatic rings. The van der Waals surface area contributed by atoms with Gasteiger partial charge in [-0.05, 0) is 48.5 Å².